The molecule has 0 aliphatic rings. The third-order valence-electron chi connectivity index (χ3n) is 4.45. The highest BCUT2D eigenvalue weighted by atomic mass is 16.3. The predicted octanol–water partition coefficient (Wildman–Crippen LogP) is 5.59. The molecule has 4 aromatic carbocycles. The number of hydrogen-bond acceptors (Lipinski definition) is 1. The average molecular weight is 310 g/mol. The van der Waals surface area contributed by atoms with Crippen LogP contribution < -0.4 is 0 Å². The Hall–Kier alpha value is -2.90. The maximum Gasteiger partial charge on any atom is 0.105 e. The average Bonchev–Trinajstić information content (AvgIpc) is 2.68. The van der Waals surface area contributed by atoms with Crippen LogP contribution in [0.4, 0.5) is 0 Å². The van der Waals surface area contributed by atoms with Crippen molar-refractivity contribution in [1.82, 2.24) is 0 Å². The minimum Gasteiger partial charge on any atom is -0.384 e. The summed E-state index contributed by atoms with van der Waals surface area (Å²) in [4.78, 5) is 0. The van der Waals surface area contributed by atoms with Gasteiger partial charge in [-0.15, -0.1) is 0 Å². The van der Waals surface area contributed by atoms with Gasteiger partial charge in [-0.05, 0) is 33.0 Å². The molecule has 0 bridgehead atoms. The lowest BCUT2D eigenvalue weighted by molar-refractivity contribution is 0.222. The molecule has 0 aromatic heterocycles. The van der Waals surface area contributed by atoms with E-state index in [1.807, 2.05) is 54.6 Å². The van der Waals surface area contributed by atoms with Gasteiger partial charge < -0.3 is 5.11 Å². The quantitative estimate of drug-likeness (QED) is 0.523. The fourth-order valence-corrected chi connectivity index (χ4v) is 3.16. The topological polar surface area (TPSA) is 20.2 Å². The summed E-state index contributed by atoms with van der Waals surface area (Å²) in [6.07, 6.45) is -0.624. The number of rotatable bonds is 3. The third-order valence-corrected chi connectivity index (χ3v) is 4.45. The number of aliphatic hydroxyl groups is 1. The largest absolute Gasteiger partial charge is 0.384 e. The van der Waals surface area contributed by atoms with E-state index in [9.17, 15) is 5.11 Å². The van der Waals surface area contributed by atoms with Crippen molar-refractivity contribution in [2.75, 3.05) is 0 Å². The van der Waals surface area contributed by atoms with Crippen LogP contribution in [0.25, 0.3) is 21.9 Å². The fraction of sp³-hybridized carbons (Fsp3) is 0.0435. The Bertz CT molecular complexity index is 951. The number of aliphatic hydroxyl groups excluding tert-OH is 1. The molecular weight excluding hydrogens is 292 g/mol. The van der Waals surface area contributed by atoms with Crippen LogP contribution in [0.5, 0.6) is 0 Å². The SMILES string of the molecule is O[C@@H](c1ccc(-c2ccccc2)cc1)c1cccc2ccccc12. The van der Waals surface area contributed by atoms with E-state index in [0.29, 0.717) is 0 Å². The van der Waals surface area contributed by atoms with Crippen molar-refractivity contribution < 1.29 is 5.11 Å². The monoisotopic (exact) mass is 310 g/mol. The van der Waals surface area contributed by atoms with Gasteiger partial charge in [0.15, 0.2) is 0 Å². The lowest BCUT2D eigenvalue weighted by Crippen LogP contribution is -2.00. The van der Waals surface area contributed by atoms with E-state index in [0.717, 1.165) is 27.5 Å². The highest BCUT2D eigenvalue weighted by Gasteiger charge is 2.13. The first-order valence-electron chi connectivity index (χ1n) is 8.14. The third kappa shape index (κ3) is 2.70. The Morgan fingerprint density at radius 1 is 0.542 bits per heavy atom. The molecule has 1 atom stereocenters. The van der Waals surface area contributed by atoms with Crippen molar-refractivity contribution in [2.24, 2.45) is 0 Å². The van der Waals surface area contributed by atoms with Crippen molar-refractivity contribution >= 4 is 10.8 Å². The normalized spacial score (nSPS) is 12.2. The molecule has 116 valence electrons. The fourth-order valence-electron chi connectivity index (χ4n) is 3.16. The molecule has 0 unspecified atom stereocenters. The number of benzene rings is 4. The van der Waals surface area contributed by atoms with E-state index in [4.69, 9.17) is 0 Å². The Morgan fingerprint density at radius 3 is 1.96 bits per heavy atom. The maximum absolute atomic E-state index is 10.9. The molecule has 0 saturated carbocycles. The lowest BCUT2D eigenvalue weighted by Gasteiger charge is -2.15. The van der Waals surface area contributed by atoms with Gasteiger partial charge in [0.1, 0.15) is 6.10 Å². The summed E-state index contributed by atoms with van der Waals surface area (Å²) in [5.41, 5.74) is 4.19. The molecule has 0 aliphatic carbocycles. The van der Waals surface area contributed by atoms with Crippen molar-refractivity contribution in [2.45, 2.75) is 6.10 Å². The van der Waals surface area contributed by atoms with Crippen LogP contribution in [-0.2, 0) is 0 Å². The molecule has 0 spiro atoms. The van der Waals surface area contributed by atoms with E-state index in [1.54, 1.807) is 0 Å². The molecule has 0 saturated heterocycles. The van der Waals surface area contributed by atoms with Crippen molar-refractivity contribution in [3.05, 3.63) is 108 Å². The Morgan fingerprint density at radius 2 is 1.17 bits per heavy atom. The Kier molecular flexibility index (Phi) is 3.86. The van der Waals surface area contributed by atoms with Crippen molar-refractivity contribution in [1.29, 1.82) is 0 Å². The van der Waals surface area contributed by atoms with Crippen LogP contribution >= 0.6 is 0 Å². The highest BCUT2D eigenvalue weighted by Crippen LogP contribution is 2.30. The zero-order valence-corrected chi connectivity index (χ0v) is 13.3. The van der Waals surface area contributed by atoms with Gasteiger partial charge in [-0.3, -0.25) is 0 Å². The van der Waals surface area contributed by atoms with Crippen LogP contribution in [0.3, 0.4) is 0 Å². The maximum atomic E-state index is 10.9. The summed E-state index contributed by atoms with van der Waals surface area (Å²) < 4.78 is 0. The molecule has 1 heteroatoms. The first-order chi connectivity index (χ1) is 11.8. The molecule has 1 N–H and O–H groups in total. The minimum absolute atomic E-state index is 0.624. The second-order valence-corrected chi connectivity index (χ2v) is 5.96. The molecule has 0 radical (unpaired) electrons. The van der Waals surface area contributed by atoms with Gasteiger partial charge in [0.25, 0.3) is 0 Å². The predicted molar refractivity (Wildman–Crippen MR) is 99.9 cm³/mol. The van der Waals surface area contributed by atoms with Crippen molar-refractivity contribution in [3.8, 4) is 11.1 Å². The second kappa shape index (κ2) is 6.31. The van der Waals surface area contributed by atoms with Gasteiger partial charge in [-0.25, -0.2) is 0 Å². The van der Waals surface area contributed by atoms with Crippen molar-refractivity contribution in [3.63, 3.8) is 0 Å². The Balaban J connectivity index is 1.70. The molecule has 0 aliphatic heterocycles. The van der Waals surface area contributed by atoms with Crippen LogP contribution in [0.1, 0.15) is 17.2 Å². The van der Waals surface area contributed by atoms with Gasteiger partial charge >= 0.3 is 0 Å². The molecule has 0 amide bonds. The number of fused-ring (bicyclic) bond motifs is 1. The molecule has 0 heterocycles. The zero-order chi connectivity index (χ0) is 16.4. The summed E-state index contributed by atoms with van der Waals surface area (Å²) in [5.74, 6) is 0. The lowest BCUT2D eigenvalue weighted by atomic mass is 9.94. The number of hydrogen-bond donors (Lipinski definition) is 1. The van der Waals surface area contributed by atoms with Crippen LogP contribution in [0.2, 0.25) is 0 Å². The van der Waals surface area contributed by atoms with E-state index in [1.165, 1.54) is 5.56 Å². The van der Waals surface area contributed by atoms with Crippen LogP contribution in [-0.4, -0.2) is 5.11 Å². The molecule has 24 heavy (non-hydrogen) atoms. The molecule has 0 fully saturated rings. The van der Waals surface area contributed by atoms with E-state index in [2.05, 4.69) is 42.5 Å². The molecule has 1 nitrogen and oxygen atoms in total. The second-order valence-electron chi connectivity index (χ2n) is 5.96. The summed E-state index contributed by atoms with van der Waals surface area (Å²) in [6, 6.07) is 32.7. The van der Waals surface area contributed by atoms with Gasteiger partial charge in [-0.1, -0.05) is 97.1 Å². The first-order valence-corrected chi connectivity index (χ1v) is 8.14. The minimum atomic E-state index is -0.624. The Labute approximate surface area is 141 Å². The van der Waals surface area contributed by atoms with E-state index >= 15 is 0 Å². The smallest absolute Gasteiger partial charge is 0.105 e. The van der Waals surface area contributed by atoms with Gasteiger partial charge in [-0.2, -0.15) is 0 Å². The first kappa shape index (κ1) is 14.7. The standard InChI is InChI=1S/C23H18O/c24-23(22-12-6-10-19-9-4-5-11-21(19)22)20-15-13-18(14-16-20)17-7-2-1-3-8-17/h1-16,23-24H/t23-/m0/s1. The van der Waals surface area contributed by atoms with Crippen LogP contribution in [0.15, 0.2) is 97.1 Å². The summed E-state index contributed by atoms with van der Waals surface area (Å²) in [7, 11) is 0. The van der Waals surface area contributed by atoms with Crippen LogP contribution in [0, 0.1) is 0 Å². The highest BCUT2D eigenvalue weighted by molar-refractivity contribution is 5.86. The molecule has 4 rings (SSSR count). The molecular formula is C23H18O. The molecule has 4 aromatic rings. The van der Waals surface area contributed by atoms with Gasteiger partial charge in [0.05, 0.1) is 0 Å². The zero-order valence-electron chi connectivity index (χ0n) is 13.3. The summed E-state index contributed by atoms with van der Waals surface area (Å²) in [5, 5.41) is 13.1. The summed E-state index contributed by atoms with van der Waals surface area (Å²) in [6.45, 7) is 0. The van der Waals surface area contributed by atoms with E-state index < -0.39 is 6.10 Å². The van der Waals surface area contributed by atoms with Gasteiger partial charge in [0, 0.05) is 0 Å². The van der Waals surface area contributed by atoms with Gasteiger partial charge in [0.2, 0.25) is 0 Å². The van der Waals surface area contributed by atoms with E-state index in [-0.39, 0.29) is 0 Å². The summed E-state index contributed by atoms with van der Waals surface area (Å²) >= 11 is 0.